The molecule has 18 heavy (non-hydrogen) atoms. The van der Waals surface area contributed by atoms with E-state index in [4.69, 9.17) is 5.73 Å². The summed E-state index contributed by atoms with van der Waals surface area (Å²) in [4.78, 5) is 11.3. The molecule has 1 unspecified atom stereocenters. The smallest absolute Gasteiger partial charge is 0.239 e. The quantitative estimate of drug-likeness (QED) is 0.789. The molecule has 1 aliphatic rings. The highest BCUT2D eigenvalue weighted by atomic mass is 19.2. The van der Waals surface area contributed by atoms with Gasteiger partial charge in [-0.1, -0.05) is 0 Å². The van der Waals surface area contributed by atoms with Gasteiger partial charge in [0.25, 0.3) is 0 Å². The first-order chi connectivity index (χ1) is 8.49. The summed E-state index contributed by atoms with van der Waals surface area (Å²) < 4.78 is 39.0. The summed E-state index contributed by atoms with van der Waals surface area (Å²) in [6.07, 6.45) is 2.12. The number of benzene rings is 1. The molecule has 2 rings (SSSR count). The number of primary amides is 1. The lowest BCUT2D eigenvalue weighted by Crippen LogP contribution is -2.35. The zero-order chi connectivity index (χ0) is 13.3. The molecule has 1 amide bonds. The van der Waals surface area contributed by atoms with Crippen LogP contribution in [0.25, 0.3) is 0 Å². The number of hydrogen-bond donors (Lipinski definition) is 2. The Morgan fingerprint density at radius 2 is 1.89 bits per heavy atom. The van der Waals surface area contributed by atoms with Crippen molar-refractivity contribution < 1.29 is 18.0 Å². The van der Waals surface area contributed by atoms with Gasteiger partial charge in [-0.2, -0.15) is 0 Å². The predicted molar refractivity (Wildman–Crippen MR) is 59.0 cm³/mol. The number of hydrogen-bond acceptors (Lipinski definition) is 2. The number of amides is 1. The van der Waals surface area contributed by atoms with E-state index in [9.17, 15) is 18.0 Å². The van der Waals surface area contributed by atoms with E-state index in [0.717, 1.165) is 25.0 Å². The Labute approximate surface area is 102 Å². The number of nitrogens with two attached hydrogens (primary N) is 1. The largest absolute Gasteiger partial charge is 0.368 e. The molecule has 0 aliphatic heterocycles. The standard InChI is InChI=1S/C12H13F3N2O/c13-8-3-7(4-9(14)10(8)15)11(12(16)18)17-5-6-1-2-6/h3-4,6,11,17H,1-2,5H2,(H2,16,18). The van der Waals surface area contributed by atoms with Crippen LogP contribution in [0.4, 0.5) is 13.2 Å². The van der Waals surface area contributed by atoms with Crippen LogP contribution in [-0.2, 0) is 4.79 Å². The highest BCUT2D eigenvalue weighted by Gasteiger charge is 2.26. The third-order valence-electron chi connectivity index (χ3n) is 2.93. The normalized spacial score (nSPS) is 16.6. The van der Waals surface area contributed by atoms with E-state index < -0.39 is 29.4 Å². The molecule has 0 bridgehead atoms. The van der Waals surface area contributed by atoms with E-state index in [1.807, 2.05) is 0 Å². The number of nitrogens with one attached hydrogen (secondary N) is 1. The van der Waals surface area contributed by atoms with Crippen molar-refractivity contribution in [3.8, 4) is 0 Å². The fraction of sp³-hybridized carbons (Fsp3) is 0.417. The van der Waals surface area contributed by atoms with Gasteiger partial charge in [0.15, 0.2) is 17.5 Å². The lowest BCUT2D eigenvalue weighted by Gasteiger charge is -2.16. The van der Waals surface area contributed by atoms with Crippen LogP contribution in [0.5, 0.6) is 0 Å². The Balaban J connectivity index is 2.20. The Hall–Kier alpha value is -1.56. The minimum Gasteiger partial charge on any atom is -0.368 e. The summed E-state index contributed by atoms with van der Waals surface area (Å²) in [5.74, 6) is -4.49. The molecule has 0 radical (unpaired) electrons. The van der Waals surface area contributed by atoms with Crippen LogP contribution in [0.15, 0.2) is 12.1 Å². The highest BCUT2D eigenvalue weighted by molar-refractivity contribution is 5.81. The predicted octanol–water partition coefficient (Wildman–Crippen LogP) is 1.63. The maximum atomic E-state index is 13.1. The van der Waals surface area contributed by atoms with Crippen LogP contribution in [0.1, 0.15) is 24.4 Å². The van der Waals surface area contributed by atoms with Crippen LogP contribution < -0.4 is 11.1 Å². The molecule has 1 fully saturated rings. The molecule has 6 heteroatoms. The summed E-state index contributed by atoms with van der Waals surface area (Å²) in [5.41, 5.74) is 5.17. The first-order valence-corrected chi connectivity index (χ1v) is 5.66. The van der Waals surface area contributed by atoms with E-state index >= 15 is 0 Å². The first-order valence-electron chi connectivity index (χ1n) is 5.66. The van der Waals surface area contributed by atoms with Gasteiger partial charge in [0.2, 0.25) is 5.91 Å². The molecule has 1 aliphatic carbocycles. The zero-order valence-electron chi connectivity index (χ0n) is 9.55. The second-order valence-electron chi connectivity index (χ2n) is 4.49. The van der Waals surface area contributed by atoms with E-state index in [2.05, 4.69) is 5.32 Å². The molecular formula is C12H13F3N2O. The van der Waals surface area contributed by atoms with Crippen molar-refractivity contribution in [1.82, 2.24) is 5.32 Å². The van der Waals surface area contributed by atoms with Crippen LogP contribution in [0, 0.1) is 23.4 Å². The fourth-order valence-electron chi connectivity index (χ4n) is 1.73. The summed E-state index contributed by atoms with van der Waals surface area (Å²) in [7, 11) is 0. The van der Waals surface area contributed by atoms with Gasteiger partial charge in [0, 0.05) is 0 Å². The van der Waals surface area contributed by atoms with Crippen molar-refractivity contribution in [3.63, 3.8) is 0 Å². The molecule has 1 aromatic carbocycles. The lowest BCUT2D eigenvalue weighted by atomic mass is 10.1. The second-order valence-corrected chi connectivity index (χ2v) is 4.49. The van der Waals surface area contributed by atoms with Crippen molar-refractivity contribution in [2.75, 3.05) is 6.54 Å². The molecule has 0 heterocycles. The van der Waals surface area contributed by atoms with E-state index in [0.29, 0.717) is 12.5 Å². The molecule has 3 N–H and O–H groups in total. The van der Waals surface area contributed by atoms with Gasteiger partial charge >= 0.3 is 0 Å². The average molecular weight is 258 g/mol. The minimum absolute atomic E-state index is 0.000417. The average Bonchev–Trinajstić information content (AvgIpc) is 3.09. The van der Waals surface area contributed by atoms with E-state index in [1.165, 1.54) is 0 Å². The van der Waals surface area contributed by atoms with Crippen LogP contribution >= 0.6 is 0 Å². The third-order valence-corrected chi connectivity index (χ3v) is 2.93. The van der Waals surface area contributed by atoms with Crippen molar-refractivity contribution in [2.45, 2.75) is 18.9 Å². The Morgan fingerprint density at radius 3 is 2.33 bits per heavy atom. The van der Waals surface area contributed by atoms with Gasteiger partial charge in [-0.3, -0.25) is 4.79 Å². The monoisotopic (exact) mass is 258 g/mol. The third kappa shape index (κ3) is 2.81. The second kappa shape index (κ2) is 4.97. The molecular weight excluding hydrogens is 245 g/mol. The molecule has 0 saturated heterocycles. The van der Waals surface area contributed by atoms with Gasteiger partial charge in [-0.15, -0.1) is 0 Å². The lowest BCUT2D eigenvalue weighted by molar-refractivity contribution is -0.120. The molecule has 0 aromatic heterocycles. The van der Waals surface area contributed by atoms with Gasteiger partial charge in [0.1, 0.15) is 6.04 Å². The van der Waals surface area contributed by atoms with Gasteiger partial charge < -0.3 is 11.1 Å². The highest BCUT2D eigenvalue weighted by Crippen LogP contribution is 2.29. The SMILES string of the molecule is NC(=O)C(NCC1CC1)c1cc(F)c(F)c(F)c1. The van der Waals surface area contributed by atoms with Gasteiger partial charge in [0.05, 0.1) is 0 Å². The topological polar surface area (TPSA) is 55.1 Å². The van der Waals surface area contributed by atoms with Gasteiger partial charge in [-0.25, -0.2) is 13.2 Å². The maximum Gasteiger partial charge on any atom is 0.239 e. The zero-order valence-corrected chi connectivity index (χ0v) is 9.55. The number of carbonyl (C=O) groups is 1. The van der Waals surface area contributed by atoms with Crippen LogP contribution in [0.2, 0.25) is 0 Å². The van der Waals surface area contributed by atoms with Crippen molar-refractivity contribution in [3.05, 3.63) is 35.1 Å². The van der Waals surface area contributed by atoms with Crippen molar-refractivity contribution >= 4 is 5.91 Å². The molecule has 3 nitrogen and oxygen atoms in total. The Morgan fingerprint density at radius 1 is 1.33 bits per heavy atom. The van der Waals surface area contributed by atoms with Crippen LogP contribution in [0.3, 0.4) is 0 Å². The van der Waals surface area contributed by atoms with Crippen LogP contribution in [-0.4, -0.2) is 12.5 Å². The van der Waals surface area contributed by atoms with Gasteiger partial charge in [-0.05, 0) is 43.0 Å². The summed E-state index contributed by atoms with van der Waals surface area (Å²) in [5, 5.41) is 2.84. The number of rotatable bonds is 5. The van der Waals surface area contributed by atoms with Crippen molar-refractivity contribution in [2.24, 2.45) is 11.7 Å². The summed E-state index contributed by atoms with van der Waals surface area (Å²) >= 11 is 0. The summed E-state index contributed by atoms with van der Waals surface area (Å²) in [6, 6.07) is 0.566. The molecule has 0 spiro atoms. The number of halogens is 3. The fourth-order valence-corrected chi connectivity index (χ4v) is 1.73. The minimum atomic E-state index is -1.55. The van der Waals surface area contributed by atoms with E-state index in [-0.39, 0.29) is 5.56 Å². The molecule has 1 atom stereocenters. The van der Waals surface area contributed by atoms with E-state index in [1.54, 1.807) is 0 Å². The van der Waals surface area contributed by atoms with Crippen molar-refractivity contribution in [1.29, 1.82) is 0 Å². The first kappa shape index (κ1) is 12.9. The molecule has 1 saturated carbocycles. The molecule has 98 valence electrons. The number of carbonyl (C=O) groups excluding carboxylic acids is 1. The summed E-state index contributed by atoms with van der Waals surface area (Å²) in [6.45, 7) is 0.550. The maximum absolute atomic E-state index is 13.1. The Kier molecular flexibility index (Phi) is 3.56. The Bertz CT molecular complexity index is 451. The molecule has 1 aromatic rings.